The zero-order chi connectivity index (χ0) is 26.9. The van der Waals surface area contributed by atoms with Gasteiger partial charge in [0.1, 0.15) is 5.75 Å². The highest BCUT2D eigenvalue weighted by Gasteiger charge is 2.28. The Morgan fingerprint density at radius 1 is 0.946 bits per heavy atom. The minimum absolute atomic E-state index is 0.115. The van der Waals surface area contributed by atoms with Gasteiger partial charge < -0.3 is 19.1 Å². The van der Waals surface area contributed by atoms with E-state index in [9.17, 15) is 14.7 Å². The zero-order valence-corrected chi connectivity index (χ0v) is 22.5. The van der Waals surface area contributed by atoms with Crippen molar-refractivity contribution in [3.8, 4) is 5.75 Å². The molecule has 0 amide bonds. The van der Waals surface area contributed by atoms with E-state index in [0.29, 0.717) is 39.0 Å². The maximum atomic E-state index is 13.6. The molecule has 37 heavy (non-hydrogen) atoms. The minimum Gasteiger partial charge on any atom is -0.497 e. The number of carboxylic acid groups (broad SMARTS) is 1. The zero-order valence-electron chi connectivity index (χ0n) is 21.0. The lowest BCUT2D eigenvalue weighted by Crippen LogP contribution is -2.34. The molecule has 0 fully saturated rings. The van der Waals surface area contributed by atoms with Crippen LogP contribution in [0.5, 0.6) is 5.75 Å². The Kier molecular flexibility index (Phi) is 7.64. The van der Waals surface area contributed by atoms with Gasteiger partial charge in [-0.15, -0.1) is 0 Å². The number of carbonyl (C=O) groups excluding carboxylic acids is 1. The number of halogens is 2. The van der Waals surface area contributed by atoms with E-state index in [4.69, 9.17) is 32.7 Å². The molecule has 0 spiro atoms. The molecule has 3 aromatic carbocycles. The average Bonchev–Trinajstić information content (AvgIpc) is 3.16. The molecule has 0 unspecified atom stereocenters. The third-order valence-corrected chi connectivity index (χ3v) is 7.23. The Morgan fingerprint density at radius 2 is 1.57 bits per heavy atom. The number of nitrogens with zero attached hydrogens (tertiary/aromatic N) is 1. The van der Waals surface area contributed by atoms with Crippen LogP contribution in [0.2, 0.25) is 10.0 Å². The SMILES string of the molecule is COc1ccc(C(=O)c2c(C)n(Cc3ccc(COC(C)(C)C(=O)O)cc3)c3c(Cl)c(Cl)ccc23)cc1. The highest BCUT2D eigenvalue weighted by Crippen LogP contribution is 2.37. The monoisotopic (exact) mass is 539 g/mol. The van der Waals surface area contributed by atoms with Crippen molar-refractivity contribution in [2.75, 3.05) is 7.11 Å². The van der Waals surface area contributed by atoms with Crippen molar-refractivity contribution in [3.05, 3.63) is 98.7 Å². The van der Waals surface area contributed by atoms with Crippen molar-refractivity contribution >= 4 is 45.9 Å². The summed E-state index contributed by atoms with van der Waals surface area (Å²) in [7, 11) is 1.58. The molecule has 0 saturated heterocycles. The Hall–Kier alpha value is -3.32. The van der Waals surface area contributed by atoms with Gasteiger partial charge in [-0.1, -0.05) is 53.5 Å². The van der Waals surface area contributed by atoms with Crippen LogP contribution in [-0.4, -0.2) is 34.1 Å². The van der Waals surface area contributed by atoms with E-state index in [2.05, 4.69) is 0 Å². The average molecular weight is 540 g/mol. The lowest BCUT2D eigenvalue weighted by atomic mass is 10.0. The molecule has 0 atom stereocenters. The van der Waals surface area contributed by atoms with E-state index in [1.807, 2.05) is 41.8 Å². The Labute approximate surface area is 225 Å². The largest absolute Gasteiger partial charge is 0.497 e. The number of fused-ring (bicyclic) bond motifs is 1. The molecule has 1 aromatic heterocycles. The molecule has 192 valence electrons. The van der Waals surface area contributed by atoms with E-state index >= 15 is 0 Å². The van der Waals surface area contributed by atoms with Crippen LogP contribution in [0.25, 0.3) is 10.9 Å². The number of rotatable bonds is 9. The van der Waals surface area contributed by atoms with Gasteiger partial charge in [0, 0.05) is 23.2 Å². The van der Waals surface area contributed by atoms with Gasteiger partial charge >= 0.3 is 5.97 Å². The molecule has 6 nitrogen and oxygen atoms in total. The van der Waals surface area contributed by atoms with Gasteiger partial charge in [-0.3, -0.25) is 4.79 Å². The van der Waals surface area contributed by atoms with Crippen molar-refractivity contribution in [3.63, 3.8) is 0 Å². The van der Waals surface area contributed by atoms with Crippen molar-refractivity contribution in [1.29, 1.82) is 0 Å². The summed E-state index contributed by atoms with van der Waals surface area (Å²) in [5.74, 6) is -0.462. The van der Waals surface area contributed by atoms with Gasteiger partial charge in [0.05, 0.1) is 34.8 Å². The predicted molar refractivity (Wildman–Crippen MR) is 145 cm³/mol. The van der Waals surface area contributed by atoms with E-state index in [-0.39, 0.29) is 12.4 Å². The second-order valence-corrected chi connectivity index (χ2v) is 10.1. The lowest BCUT2D eigenvalue weighted by molar-refractivity contribution is -0.162. The number of hydrogen-bond donors (Lipinski definition) is 1. The van der Waals surface area contributed by atoms with Crippen LogP contribution in [0.1, 0.15) is 46.6 Å². The molecule has 0 bridgehead atoms. The molecule has 1 heterocycles. The third kappa shape index (κ3) is 5.37. The number of benzene rings is 3. The highest BCUT2D eigenvalue weighted by atomic mass is 35.5. The predicted octanol–water partition coefficient (Wildman–Crippen LogP) is 6.92. The fourth-order valence-corrected chi connectivity index (χ4v) is 4.54. The number of carboxylic acids is 1. The normalized spacial score (nSPS) is 11.6. The lowest BCUT2D eigenvalue weighted by Gasteiger charge is -2.20. The van der Waals surface area contributed by atoms with Gasteiger partial charge in [0.2, 0.25) is 0 Å². The van der Waals surface area contributed by atoms with Crippen molar-refractivity contribution in [1.82, 2.24) is 4.57 Å². The van der Waals surface area contributed by atoms with Gasteiger partial charge in [-0.25, -0.2) is 4.79 Å². The van der Waals surface area contributed by atoms with Crippen LogP contribution in [0.4, 0.5) is 0 Å². The van der Waals surface area contributed by atoms with E-state index in [1.54, 1.807) is 37.4 Å². The quantitative estimate of drug-likeness (QED) is 0.233. The molecule has 4 aromatic rings. The summed E-state index contributed by atoms with van der Waals surface area (Å²) in [6.45, 7) is 5.57. The van der Waals surface area contributed by atoms with Crippen LogP contribution in [0, 0.1) is 6.92 Å². The first-order valence-electron chi connectivity index (χ1n) is 11.6. The Balaban J connectivity index is 1.69. The molecule has 0 aliphatic heterocycles. The summed E-state index contributed by atoms with van der Waals surface area (Å²) in [6, 6.07) is 18.2. The van der Waals surface area contributed by atoms with Crippen molar-refractivity contribution in [2.45, 2.75) is 39.5 Å². The standard InChI is InChI=1S/C29H27Cl2NO5/c1-17-24(27(33)20-9-11-21(36-4)12-10-20)22-13-14-23(30)25(31)26(22)32(17)15-18-5-7-19(8-6-18)16-37-29(2,3)28(34)35/h5-14H,15-16H2,1-4H3,(H,34,35). The number of carbonyl (C=O) groups is 2. The van der Waals surface area contributed by atoms with E-state index in [1.165, 1.54) is 13.8 Å². The van der Waals surface area contributed by atoms with Crippen LogP contribution in [-0.2, 0) is 22.7 Å². The Bertz CT molecular complexity index is 1470. The van der Waals surface area contributed by atoms with Gasteiger partial charge in [0.15, 0.2) is 11.4 Å². The van der Waals surface area contributed by atoms with Crippen LogP contribution >= 0.6 is 23.2 Å². The second kappa shape index (κ2) is 10.6. The number of aliphatic carboxylic acids is 1. The molecular formula is C29H27Cl2NO5. The third-order valence-electron chi connectivity index (χ3n) is 6.43. The molecule has 0 aliphatic carbocycles. The first-order chi connectivity index (χ1) is 17.5. The van der Waals surface area contributed by atoms with Crippen molar-refractivity contribution in [2.24, 2.45) is 0 Å². The topological polar surface area (TPSA) is 77.8 Å². The first-order valence-corrected chi connectivity index (χ1v) is 12.4. The Morgan fingerprint density at radius 3 is 2.16 bits per heavy atom. The number of methoxy groups -OCH3 is 1. The molecule has 8 heteroatoms. The summed E-state index contributed by atoms with van der Waals surface area (Å²) in [5, 5.41) is 10.8. The van der Waals surface area contributed by atoms with Crippen molar-refractivity contribution < 1.29 is 24.2 Å². The van der Waals surface area contributed by atoms with Crippen LogP contribution in [0.15, 0.2) is 60.7 Å². The molecule has 0 aliphatic rings. The van der Waals surface area contributed by atoms with E-state index in [0.717, 1.165) is 22.2 Å². The van der Waals surface area contributed by atoms with Crippen LogP contribution in [0.3, 0.4) is 0 Å². The molecule has 0 radical (unpaired) electrons. The molecular weight excluding hydrogens is 513 g/mol. The molecule has 0 saturated carbocycles. The van der Waals surface area contributed by atoms with Crippen LogP contribution < -0.4 is 4.74 Å². The van der Waals surface area contributed by atoms with Gasteiger partial charge in [0.25, 0.3) is 0 Å². The maximum absolute atomic E-state index is 13.6. The van der Waals surface area contributed by atoms with E-state index < -0.39 is 11.6 Å². The molecule has 1 N–H and O–H groups in total. The number of ether oxygens (including phenoxy) is 2. The smallest absolute Gasteiger partial charge is 0.335 e. The summed E-state index contributed by atoms with van der Waals surface area (Å²) >= 11 is 13.0. The first kappa shape index (κ1) is 26.7. The second-order valence-electron chi connectivity index (χ2n) is 9.28. The fraction of sp³-hybridized carbons (Fsp3) is 0.241. The summed E-state index contributed by atoms with van der Waals surface area (Å²) in [5.41, 5.74) is 3.13. The van der Waals surface area contributed by atoms with Gasteiger partial charge in [-0.05, 0) is 62.2 Å². The maximum Gasteiger partial charge on any atom is 0.335 e. The number of hydrogen-bond acceptors (Lipinski definition) is 4. The fourth-order valence-electron chi connectivity index (χ4n) is 4.12. The summed E-state index contributed by atoms with van der Waals surface area (Å²) in [4.78, 5) is 24.9. The number of ketones is 1. The van der Waals surface area contributed by atoms with Gasteiger partial charge in [-0.2, -0.15) is 0 Å². The minimum atomic E-state index is -1.28. The number of aromatic nitrogens is 1. The summed E-state index contributed by atoms with van der Waals surface area (Å²) < 4.78 is 12.8. The summed E-state index contributed by atoms with van der Waals surface area (Å²) in [6.07, 6.45) is 0. The molecule has 4 rings (SSSR count). The highest BCUT2D eigenvalue weighted by molar-refractivity contribution is 6.45.